The molecule has 0 aromatic carbocycles. The molecule has 4 atom stereocenters. The van der Waals surface area contributed by atoms with Crippen LogP contribution < -0.4 is 5.32 Å². The highest BCUT2D eigenvalue weighted by atomic mass is 16.2. The second-order valence-electron chi connectivity index (χ2n) is 5.22. The molecule has 1 heterocycles. The van der Waals surface area contributed by atoms with Crippen LogP contribution in [0.2, 0.25) is 0 Å². The Morgan fingerprint density at radius 2 is 1.83 bits per heavy atom. The number of allylic oxidation sites excluding steroid dienone is 2. The number of carbonyl (C=O) groups excluding carboxylic acids is 3. The zero-order valence-electron chi connectivity index (χ0n) is 10.3. The largest absolute Gasteiger partial charge is 0.355 e. The third-order valence-electron chi connectivity index (χ3n) is 4.24. The molecule has 5 nitrogen and oxygen atoms in total. The van der Waals surface area contributed by atoms with Crippen LogP contribution in [0.5, 0.6) is 0 Å². The SMILES string of the molecule is CCNC(=O)CN1C(=O)C2C3C=CC(C3)C2C1=O. The Morgan fingerprint density at radius 1 is 1.28 bits per heavy atom. The second-order valence-corrected chi connectivity index (χ2v) is 5.22. The molecule has 0 aromatic rings. The van der Waals surface area contributed by atoms with Crippen LogP contribution in [0.4, 0.5) is 0 Å². The van der Waals surface area contributed by atoms with Crippen LogP contribution in [-0.4, -0.2) is 35.7 Å². The molecule has 2 bridgehead atoms. The number of fused-ring (bicyclic) bond motifs is 5. The van der Waals surface area contributed by atoms with Crippen LogP contribution in [0.15, 0.2) is 12.2 Å². The Bertz CT molecular complexity index is 427. The number of likely N-dealkylation sites (N-methyl/N-ethyl adjacent to an activating group) is 1. The first-order chi connectivity index (χ1) is 8.63. The molecule has 0 spiro atoms. The van der Waals surface area contributed by atoms with Crippen LogP contribution in [0.3, 0.4) is 0 Å². The number of imide groups is 1. The highest BCUT2D eigenvalue weighted by molar-refractivity contribution is 6.08. The molecule has 2 aliphatic carbocycles. The van der Waals surface area contributed by atoms with E-state index in [-0.39, 0.29) is 47.9 Å². The summed E-state index contributed by atoms with van der Waals surface area (Å²) in [6.45, 7) is 2.19. The molecule has 0 aromatic heterocycles. The van der Waals surface area contributed by atoms with Gasteiger partial charge in [0.05, 0.1) is 11.8 Å². The van der Waals surface area contributed by atoms with Crippen molar-refractivity contribution in [3.63, 3.8) is 0 Å². The van der Waals surface area contributed by atoms with Gasteiger partial charge in [-0.05, 0) is 25.2 Å². The maximum absolute atomic E-state index is 12.2. The van der Waals surface area contributed by atoms with Crippen LogP contribution >= 0.6 is 0 Å². The quantitative estimate of drug-likeness (QED) is 0.561. The lowest BCUT2D eigenvalue weighted by Crippen LogP contribution is -2.41. The fourth-order valence-electron chi connectivity index (χ4n) is 3.52. The van der Waals surface area contributed by atoms with Gasteiger partial charge in [0.1, 0.15) is 6.54 Å². The Balaban J connectivity index is 1.78. The molecule has 1 N–H and O–H groups in total. The van der Waals surface area contributed by atoms with Crippen LogP contribution in [-0.2, 0) is 14.4 Å². The van der Waals surface area contributed by atoms with E-state index in [0.29, 0.717) is 6.54 Å². The number of carbonyl (C=O) groups is 3. The van der Waals surface area contributed by atoms with Crippen molar-refractivity contribution >= 4 is 17.7 Å². The molecule has 3 aliphatic rings. The van der Waals surface area contributed by atoms with E-state index in [1.807, 2.05) is 19.1 Å². The van der Waals surface area contributed by atoms with Gasteiger partial charge in [-0.15, -0.1) is 0 Å². The Labute approximate surface area is 105 Å². The summed E-state index contributed by atoms with van der Waals surface area (Å²) < 4.78 is 0. The molecule has 2 fully saturated rings. The smallest absolute Gasteiger partial charge is 0.240 e. The molecule has 1 saturated carbocycles. The number of hydrogen-bond acceptors (Lipinski definition) is 3. The molecule has 4 unspecified atom stereocenters. The summed E-state index contributed by atoms with van der Waals surface area (Å²) in [6, 6.07) is 0. The highest BCUT2D eigenvalue weighted by Gasteiger charge is 2.59. The van der Waals surface area contributed by atoms with E-state index in [9.17, 15) is 14.4 Å². The van der Waals surface area contributed by atoms with Crippen molar-refractivity contribution in [2.24, 2.45) is 23.7 Å². The normalized spacial score (nSPS) is 36.4. The molecule has 18 heavy (non-hydrogen) atoms. The summed E-state index contributed by atoms with van der Waals surface area (Å²) in [5, 5.41) is 2.62. The fraction of sp³-hybridized carbons (Fsp3) is 0.615. The predicted molar refractivity (Wildman–Crippen MR) is 63.1 cm³/mol. The highest BCUT2D eigenvalue weighted by Crippen LogP contribution is 2.52. The van der Waals surface area contributed by atoms with Crippen molar-refractivity contribution < 1.29 is 14.4 Å². The lowest BCUT2D eigenvalue weighted by atomic mass is 9.85. The van der Waals surface area contributed by atoms with Crippen LogP contribution in [0, 0.1) is 23.7 Å². The first-order valence-electron chi connectivity index (χ1n) is 6.43. The molecule has 1 saturated heterocycles. The molecule has 96 valence electrons. The summed E-state index contributed by atoms with van der Waals surface area (Å²) in [5.41, 5.74) is 0. The summed E-state index contributed by atoms with van der Waals surface area (Å²) in [5.74, 6) is -0.587. The van der Waals surface area contributed by atoms with Crippen LogP contribution in [0.25, 0.3) is 0 Å². The number of nitrogens with zero attached hydrogens (tertiary/aromatic N) is 1. The van der Waals surface area contributed by atoms with E-state index >= 15 is 0 Å². The second kappa shape index (κ2) is 3.93. The van der Waals surface area contributed by atoms with E-state index < -0.39 is 0 Å². The van der Waals surface area contributed by atoms with Gasteiger partial charge in [0.2, 0.25) is 17.7 Å². The summed E-state index contributed by atoms with van der Waals surface area (Å²) in [6.07, 6.45) is 5.01. The van der Waals surface area contributed by atoms with Crippen molar-refractivity contribution in [3.05, 3.63) is 12.2 Å². The lowest BCUT2D eigenvalue weighted by molar-refractivity contribution is -0.144. The van der Waals surface area contributed by atoms with Gasteiger partial charge >= 0.3 is 0 Å². The number of hydrogen-bond donors (Lipinski definition) is 1. The zero-order chi connectivity index (χ0) is 12.9. The van der Waals surface area contributed by atoms with Gasteiger partial charge in [-0.1, -0.05) is 12.2 Å². The molecule has 5 heteroatoms. The van der Waals surface area contributed by atoms with Gasteiger partial charge in [-0.2, -0.15) is 0 Å². The summed E-state index contributed by atoms with van der Waals surface area (Å²) in [7, 11) is 0. The van der Waals surface area contributed by atoms with Gasteiger partial charge in [0, 0.05) is 6.54 Å². The number of nitrogens with one attached hydrogen (secondary N) is 1. The molecule has 3 rings (SSSR count). The van der Waals surface area contributed by atoms with Gasteiger partial charge in [0.15, 0.2) is 0 Å². The van der Waals surface area contributed by atoms with Gasteiger partial charge in [-0.25, -0.2) is 0 Å². The average Bonchev–Trinajstić information content (AvgIpc) is 2.99. The minimum Gasteiger partial charge on any atom is -0.355 e. The monoisotopic (exact) mass is 248 g/mol. The molecule has 1 aliphatic heterocycles. The third kappa shape index (κ3) is 1.43. The average molecular weight is 248 g/mol. The number of rotatable bonds is 3. The van der Waals surface area contributed by atoms with E-state index in [0.717, 1.165) is 11.3 Å². The predicted octanol–water partition coefficient (Wildman–Crippen LogP) is -0.0704. The molecular formula is C13H16N2O3. The van der Waals surface area contributed by atoms with Crippen molar-refractivity contribution in [2.75, 3.05) is 13.1 Å². The van der Waals surface area contributed by atoms with Crippen LogP contribution in [0.1, 0.15) is 13.3 Å². The fourth-order valence-corrected chi connectivity index (χ4v) is 3.52. The van der Waals surface area contributed by atoms with E-state index in [1.165, 1.54) is 0 Å². The van der Waals surface area contributed by atoms with Gasteiger partial charge in [0.25, 0.3) is 0 Å². The maximum atomic E-state index is 12.2. The first kappa shape index (κ1) is 11.4. The molecule has 3 amide bonds. The minimum absolute atomic E-state index is 0.127. The van der Waals surface area contributed by atoms with Gasteiger partial charge in [-0.3, -0.25) is 19.3 Å². The van der Waals surface area contributed by atoms with Crippen molar-refractivity contribution in [3.8, 4) is 0 Å². The van der Waals surface area contributed by atoms with Crippen molar-refractivity contribution in [2.45, 2.75) is 13.3 Å². The third-order valence-corrected chi connectivity index (χ3v) is 4.24. The Hall–Kier alpha value is -1.65. The zero-order valence-corrected chi connectivity index (χ0v) is 10.3. The molecule has 0 radical (unpaired) electrons. The van der Waals surface area contributed by atoms with E-state index in [2.05, 4.69) is 5.32 Å². The van der Waals surface area contributed by atoms with Gasteiger partial charge < -0.3 is 5.32 Å². The summed E-state index contributed by atoms with van der Waals surface area (Å²) in [4.78, 5) is 37.1. The number of likely N-dealkylation sites (tertiary alicyclic amines) is 1. The van der Waals surface area contributed by atoms with E-state index in [1.54, 1.807) is 0 Å². The Kier molecular flexibility index (Phi) is 2.50. The standard InChI is InChI=1S/C13H16N2O3/c1-2-14-9(16)6-15-12(17)10-7-3-4-8(5-7)11(10)13(15)18/h3-4,7-8,10-11H,2,5-6H2,1H3,(H,14,16). The van der Waals surface area contributed by atoms with Crippen molar-refractivity contribution in [1.82, 2.24) is 10.2 Å². The molecular weight excluding hydrogens is 232 g/mol. The number of amides is 3. The van der Waals surface area contributed by atoms with Crippen molar-refractivity contribution in [1.29, 1.82) is 0 Å². The minimum atomic E-state index is -0.264. The maximum Gasteiger partial charge on any atom is 0.240 e. The summed E-state index contributed by atoms with van der Waals surface area (Å²) >= 11 is 0. The van der Waals surface area contributed by atoms with E-state index in [4.69, 9.17) is 0 Å². The lowest BCUT2D eigenvalue weighted by Gasteiger charge is -2.16. The topological polar surface area (TPSA) is 66.5 Å². The first-order valence-corrected chi connectivity index (χ1v) is 6.43. The Morgan fingerprint density at radius 3 is 2.33 bits per heavy atom.